The number of benzene rings is 1. The van der Waals surface area contributed by atoms with E-state index in [4.69, 9.17) is 10.6 Å². The summed E-state index contributed by atoms with van der Waals surface area (Å²) in [6.07, 6.45) is 0. The van der Waals surface area contributed by atoms with Crippen molar-refractivity contribution in [3.05, 3.63) is 35.9 Å². The molecule has 2 N–H and O–H groups in total. The minimum atomic E-state index is -0.365. The van der Waals surface area contributed by atoms with Crippen LogP contribution in [-0.4, -0.2) is 29.5 Å². The van der Waals surface area contributed by atoms with Gasteiger partial charge >= 0.3 is 0 Å². The van der Waals surface area contributed by atoms with Crippen LogP contribution in [0.1, 0.15) is 5.56 Å². The number of amidine groups is 1. The van der Waals surface area contributed by atoms with Gasteiger partial charge in [0.25, 0.3) is 5.91 Å². The highest BCUT2D eigenvalue weighted by Gasteiger charge is 2.28. The van der Waals surface area contributed by atoms with Crippen LogP contribution in [0.5, 0.6) is 0 Å². The van der Waals surface area contributed by atoms with Gasteiger partial charge in [0.05, 0.1) is 0 Å². The maximum atomic E-state index is 11.5. The predicted octanol–water partition coefficient (Wildman–Crippen LogP) is 0.303. The van der Waals surface area contributed by atoms with E-state index >= 15 is 0 Å². The van der Waals surface area contributed by atoms with E-state index in [0.29, 0.717) is 0 Å². The van der Waals surface area contributed by atoms with E-state index in [-0.39, 0.29) is 24.1 Å². The van der Waals surface area contributed by atoms with Crippen LogP contribution >= 0.6 is 0 Å². The number of carbonyl (C=O) groups is 1. The van der Waals surface area contributed by atoms with Gasteiger partial charge in [0.2, 0.25) is 5.71 Å². The first-order valence-corrected chi connectivity index (χ1v) is 5.05. The van der Waals surface area contributed by atoms with Gasteiger partial charge < -0.3 is 10.6 Å². The lowest BCUT2D eigenvalue weighted by molar-refractivity contribution is -0.122. The highest BCUT2D eigenvalue weighted by Crippen LogP contribution is 2.04. The van der Waals surface area contributed by atoms with Crippen molar-refractivity contribution in [3.63, 3.8) is 0 Å². The van der Waals surface area contributed by atoms with E-state index < -0.39 is 0 Å². The molecule has 0 radical (unpaired) electrons. The van der Waals surface area contributed by atoms with Crippen molar-refractivity contribution in [2.75, 3.05) is 7.05 Å². The Hall–Kier alpha value is -2.37. The van der Waals surface area contributed by atoms with Crippen LogP contribution < -0.4 is 5.73 Å². The van der Waals surface area contributed by atoms with E-state index in [2.05, 4.69) is 10.3 Å². The molecule has 0 aromatic heterocycles. The lowest BCUT2D eigenvalue weighted by Crippen LogP contribution is -2.28. The second-order valence-electron chi connectivity index (χ2n) is 3.51. The molecule has 17 heavy (non-hydrogen) atoms. The first kappa shape index (κ1) is 11.1. The molecule has 1 aliphatic rings. The summed E-state index contributed by atoms with van der Waals surface area (Å²) in [5, 5.41) is 8.57. The first-order chi connectivity index (χ1) is 8.18. The van der Waals surface area contributed by atoms with E-state index in [1.807, 2.05) is 30.3 Å². The minimum Gasteiger partial charge on any atom is -0.390 e. The number of carbonyl (C=O) groups excluding carboxylic acids is 1. The molecule has 1 heterocycles. The fourth-order valence-corrected chi connectivity index (χ4v) is 1.35. The van der Waals surface area contributed by atoms with Crippen LogP contribution in [0.4, 0.5) is 0 Å². The van der Waals surface area contributed by atoms with Crippen LogP contribution in [0.15, 0.2) is 40.6 Å². The molecule has 2 rings (SSSR count). The average Bonchev–Trinajstić information content (AvgIpc) is 2.57. The van der Waals surface area contributed by atoms with Crippen molar-refractivity contribution in [1.82, 2.24) is 5.01 Å². The molecule has 0 fully saturated rings. The maximum Gasteiger partial charge on any atom is 0.299 e. The number of hydrazone groups is 1. The van der Waals surface area contributed by atoms with Crippen molar-refractivity contribution < 1.29 is 9.63 Å². The van der Waals surface area contributed by atoms with Crippen LogP contribution in [0, 0.1) is 0 Å². The largest absolute Gasteiger partial charge is 0.390 e. The Labute approximate surface area is 98.3 Å². The third kappa shape index (κ3) is 2.41. The molecule has 0 unspecified atom stereocenters. The highest BCUT2D eigenvalue weighted by atomic mass is 16.6. The Morgan fingerprint density at radius 2 is 2.12 bits per heavy atom. The molecule has 6 nitrogen and oxygen atoms in total. The minimum absolute atomic E-state index is 0.0448. The van der Waals surface area contributed by atoms with Crippen LogP contribution in [-0.2, 0) is 16.2 Å². The third-order valence-electron chi connectivity index (χ3n) is 2.23. The SMILES string of the molecule is CN1N=C(N)/C(=N\OCc2ccccc2)C1=O. The molecular weight excluding hydrogens is 220 g/mol. The normalized spacial score (nSPS) is 17.5. The maximum absolute atomic E-state index is 11.5. The molecule has 1 aliphatic heterocycles. The Kier molecular flexibility index (Phi) is 3.04. The van der Waals surface area contributed by atoms with Gasteiger partial charge in [-0.1, -0.05) is 35.5 Å². The fourth-order valence-electron chi connectivity index (χ4n) is 1.35. The van der Waals surface area contributed by atoms with Gasteiger partial charge in [0.15, 0.2) is 5.84 Å². The molecule has 6 heteroatoms. The molecule has 1 amide bonds. The lowest BCUT2D eigenvalue weighted by atomic mass is 10.2. The second-order valence-corrected chi connectivity index (χ2v) is 3.51. The number of hydrogen-bond donors (Lipinski definition) is 1. The van der Waals surface area contributed by atoms with Crippen molar-refractivity contribution in [2.45, 2.75) is 6.61 Å². The van der Waals surface area contributed by atoms with Crippen molar-refractivity contribution in [1.29, 1.82) is 0 Å². The topological polar surface area (TPSA) is 80.3 Å². The van der Waals surface area contributed by atoms with Gasteiger partial charge in [-0.2, -0.15) is 0 Å². The van der Waals surface area contributed by atoms with Gasteiger partial charge in [0.1, 0.15) is 6.61 Å². The smallest absolute Gasteiger partial charge is 0.299 e. The summed E-state index contributed by atoms with van der Waals surface area (Å²) in [6.45, 7) is 0.286. The quantitative estimate of drug-likeness (QED) is 0.761. The lowest BCUT2D eigenvalue weighted by Gasteiger charge is -2.01. The Morgan fingerprint density at radius 1 is 1.41 bits per heavy atom. The number of amides is 1. The zero-order valence-corrected chi connectivity index (χ0v) is 9.33. The number of rotatable bonds is 3. The summed E-state index contributed by atoms with van der Waals surface area (Å²) in [6, 6.07) is 9.52. The van der Waals surface area contributed by atoms with Crippen LogP contribution in [0.2, 0.25) is 0 Å². The van der Waals surface area contributed by atoms with Crippen LogP contribution in [0.25, 0.3) is 0 Å². The molecule has 0 aliphatic carbocycles. The molecule has 0 bridgehead atoms. The first-order valence-electron chi connectivity index (χ1n) is 5.05. The molecule has 1 aromatic carbocycles. The van der Waals surface area contributed by atoms with Gasteiger partial charge in [-0.05, 0) is 5.56 Å². The summed E-state index contributed by atoms with van der Waals surface area (Å²) >= 11 is 0. The molecular formula is C11H12N4O2. The molecule has 0 atom stereocenters. The highest BCUT2D eigenvalue weighted by molar-refractivity contribution is 6.67. The molecule has 0 saturated carbocycles. The van der Waals surface area contributed by atoms with E-state index in [1.54, 1.807) is 0 Å². The summed E-state index contributed by atoms with van der Waals surface area (Å²) in [7, 11) is 1.51. The molecule has 0 spiro atoms. The standard InChI is InChI=1S/C11H12N4O2/c1-15-11(16)9(10(12)13-15)14-17-7-8-5-3-2-4-6-8/h2-6H,7H2,1H3,(H2,12,13)/b14-9+. The summed E-state index contributed by atoms with van der Waals surface area (Å²) in [4.78, 5) is 16.6. The zero-order valence-electron chi connectivity index (χ0n) is 9.33. The van der Waals surface area contributed by atoms with Crippen molar-refractivity contribution >= 4 is 17.5 Å². The van der Waals surface area contributed by atoms with Crippen molar-refractivity contribution in [2.24, 2.45) is 16.0 Å². The number of hydrogen-bond acceptors (Lipinski definition) is 5. The predicted molar refractivity (Wildman–Crippen MR) is 63.1 cm³/mol. The van der Waals surface area contributed by atoms with Gasteiger partial charge in [0, 0.05) is 7.05 Å². The number of nitrogens with zero attached hydrogens (tertiary/aromatic N) is 3. The average molecular weight is 232 g/mol. The van der Waals surface area contributed by atoms with Crippen LogP contribution in [0.3, 0.4) is 0 Å². The van der Waals surface area contributed by atoms with E-state index in [9.17, 15) is 4.79 Å². The molecule has 0 saturated heterocycles. The molecule has 88 valence electrons. The number of nitrogens with two attached hydrogens (primary N) is 1. The van der Waals surface area contributed by atoms with Crippen molar-refractivity contribution in [3.8, 4) is 0 Å². The summed E-state index contributed by atoms with van der Waals surface area (Å²) in [5.74, 6) is -0.291. The van der Waals surface area contributed by atoms with E-state index in [1.165, 1.54) is 7.05 Å². The molecule has 1 aromatic rings. The summed E-state index contributed by atoms with van der Waals surface area (Å²) in [5.41, 5.74) is 6.52. The zero-order chi connectivity index (χ0) is 12.3. The monoisotopic (exact) mass is 232 g/mol. The van der Waals surface area contributed by atoms with E-state index in [0.717, 1.165) is 10.6 Å². The Bertz CT molecular complexity index is 482. The van der Waals surface area contributed by atoms with Gasteiger partial charge in [-0.15, -0.1) is 5.10 Å². The number of oxime groups is 1. The fraction of sp³-hybridized carbons (Fsp3) is 0.182. The second kappa shape index (κ2) is 4.65. The summed E-state index contributed by atoms with van der Waals surface area (Å²) < 4.78 is 0. The third-order valence-corrected chi connectivity index (χ3v) is 2.23. The Balaban J connectivity index is 1.98. The van der Waals surface area contributed by atoms with Gasteiger partial charge in [-0.3, -0.25) is 4.79 Å². The van der Waals surface area contributed by atoms with Gasteiger partial charge in [-0.25, -0.2) is 5.01 Å². The Morgan fingerprint density at radius 3 is 2.71 bits per heavy atom.